The van der Waals surface area contributed by atoms with Gasteiger partial charge in [0.25, 0.3) is 5.89 Å². The van der Waals surface area contributed by atoms with E-state index in [1.165, 1.54) is 37.5 Å². The summed E-state index contributed by atoms with van der Waals surface area (Å²) >= 11 is 3.20. The van der Waals surface area contributed by atoms with Crippen molar-refractivity contribution in [1.29, 1.82) is 0 Å². The average Bonchev–Trinajstić information content (AvgIpc) is 3.11. The van der Waals surface area contributed by atoms with Crippen LogP contribution in [0, 0.1) is 0 Å². The molecular formula is C17H11BrF3N3O3. The van der Waals surface area contributed by atoms with Crippen molar-refractivity contribution in [3.63, 3.8) is 0 Å². The van der Waals surface area contributed by atoms with E-state index < -0.39 is 23.8 Å². The molecule has 0 aliphatic carbocycles. The number of aromatic nitrogens is 3. The molecule has 27 heavy (non-hydrogen) atoms. The number of hydrogen-bond donors (Lipinski definition) is 0. The third-order valence-electron chi connectivity index (χ3n) is 3.46. The van der Waals surface area contributed by atoms with E-state index >= 15 is 0 Å². The van der Waals surface area contributed by atoms with Gasteiger partial charge in [-0.05, 0) is 41.1 Å². The van der Waals surface area contributed by atoms with Crippen molar-refractivity contribution >= 4 is 21.9 Å². The van der Waals surface area contributed by atoms with E-state index in [2.05, 4.69) is 31.1 Å². The van der Waals surface area contributed by atoms with Gasteiger partial charge in [0, 0.05) is 22.4 Å². The Morgan fingerprint density at radius 2 is 2.04 bits per heavy atom. The van der Waals surface area contributed by atoms with Crippen molar-refractivity contribution in [2.24, 2.45) is 0 Å². The molecule has 10 heteroatoms. The molecule has 0 spiro atoms. The maximum absolute atomic E-state index is 12.8. The lowest BCUT2D eigenvalue weighted by Crippen LogP contribution is -2.10. The Morgan fingerprint density at radius 1 is 1.26 bits per heavy atom. The molecule has 140 valence electrons. The number of carbonyl (C=O) groups is 1. The number of hydrogen-bond acceptors (Lipinski definition) is 6. The minimum Gasteiger partial charge on any atom is -0.449 e. The largest absolute Gasteiger partial charge is 0.449 e. The van der Waals surface area contributed by atoms with Crippen molar-refractivity contribution in [3.8, 4) is 11.4 Å². The molecule has 2 aromatic heterocycles. The van der Waals surface area contributed by atoms with E-state index in [1.54, 1.807) is 0 Å². The Kier molecular flexibility index (Phi) is 5.26. The van der Waals surface area contributed by atoms with Crippen LogP contribution < -0.4 is 0 Å². The summed E-state index contributed by atoms with van der Waals surface area (Å²) in [5.41, 5.74) is -0.476. The van der Waals surface area contributed by atoms with Gasteiger partial charge in [-0.1, -0.05) is 17.3 Å². The molecule has 0 saturated heterocycles. The first-order valence-electron chi connectivity index (χ1n) is 7.57. The molecule has 3 aromatic rings. The van der Waals surface area contributed by atoms with Crippen LogP contribution in [0.5, 0.6) is 0 Å². The molecule has 2 heterocycles. The molecule has 0 bridgehead atoms. The van der Waals surface area contributed by atoms with Gasteiger partial charge in [-0.15, -0.1) is 0 Å². The maximum atomic E-state index is 12.8. The number of rotatable bonds is 4. The first kappa shape index (κ1) is 19.0. The van der Waals surface area contributed by atoms with E-state index in [0.717, 1.165) is 12.1 Å². The second-order valence-electron chi connectivity index (χ2n) is 5.47. The van der Waals surface area contributed by atoms with E-state index in [1.807, 2.05) is 0 Å². The lowest BCUT2D eigenvalue weighted by atomic mass is 10.1. The van der Waals surface area contributed by atoms with Crippen molar-refractivity contribution in [3.05, 3.63) is 64.2 Å². The Hall–Kier alpha value is -2.75. The fourth-order valence-electron chi connectivity index (χ4n) is 2.15. The number of carbonyl (C=O) groups excluding carboxylic acids is 1. The minimum atomic E-state index is -4.48. The van der Waals surface area contributed by atoms with Gasteiger partial charge >= 0.3 is 12.1 Å². The number of benzene rings is 1. The number of halogens is 4. The maximum Gasteiger partial charge on any atom is 0.416 e. The third kappa shape index (κ3) is 4.51. The summed E-state index contributed by atoms with van der Waals surface area (Å²) in [4.78, 5) is 20.0. The van der Waals surface area contributed by atoms with Gasteiger partial charge in [0.2, 0.25) is 5.82 Å². The third-order valence-corrected chi connectivity index (χ3v) is 3.90. The van der Waals surface area contributed by atoms with Crippen LogP contribution in [0.1, 0.15) is 34.8 Å². The zero-order valence-electron chi connectivity index (χ0n) is 13.7. The first-order chi connectivity index (χ1) is 12.7. The van der Waals surface area contributed by atoms with Crippen molar-refractivity contribution in [1.82, 2.24) is 15.1 Å². The molecule has 0 amide bonds. The molecule has 6 nitrogen and oxygen atoms in total. The Bertz CT molecular complexity index is 975. The summed E-state index contributed by atoms with van der Waals surface area (Å²) in [6.45, 7) is 1.51. The molecule has 0 saturated carbocycles. The number of pyridine rings is 1. The topological polar surface area (TPSA) is 78.1 Å². The number of ether oxygens (including phenoxy) is 1. The standard InChI is InChI=1S/C17H11BrF3N3O3/c1-9(26-16(25)11-6-13(18)8-22-7-11)15-23-14(24-27-15)10-3-2-4-12(5-10)17(19,20)21/h2-9H,1H3. The zero-order chi connectivity index (χ0) is 19.6. The van der Waals surface area contributed by atoms with E-state index in [0.29, 0.717) is 4.47 Å². The average molecular weight is 442 g/mol. The SMILES string of the molecule is CC(OC(=O)c1cncc(Br)c1)c1nc(-c2cccc(C(F)(F)F)c2)no1. The molecule has 0 fully saturated rings. The van der Waals surface area contributed by atoms with Crippen LogP contribution in [-0.4, -0.2) is 21.1 Å². The van der Waals surface area contributed by atoms with Crippen molar-refractivity contribution in [2.75, 3.05) is 0 Å². The van der Waals surface area contributed by atoms with Gasteiger partial charge in [-0.2, -0.15) is 18.2 Å². The number of alkyl halides is 3. The van der Waals surface area contributed by atoms with Crippen LogP contribution in [0.3, 0.4) is 0 Å². The lowest BCUT2D eigenvalue weighted by molar-refractivity contribution is -0.137. The van der Waals surface area contributed by atoms with E-state index in [4.69, 9.17) is 9.26 Å². The Morgan fingerprint density at radius 3 is 2.74 bits per heavy atom. The summed E-state index contributed by atoms with van der Waals surface area (Å²) in [5.74, 6) is -0.739. The summed E-state index contributed by atoms with van der Waals surface area (Å²) < 4.78 is 49.3. The molecule has 0 radical (unpaired) electrons. The molecule has 3 rings (SSSR count). The van der Waals surface area contributed by atoms with E-state index in [-0.39, 0.29) is 22.8 Å². The predicted octanol–water partition coefficient (Wildman–Crippen LogP) is 4.83. The molecule has 0 aliphatic heterocycles. The highest BCUT2D eigenvalue weighted by Gasteiger charge is 2.31. The molecule has 1 atom stereocenters. The highest BCUT2D eigenvalue weighted by atomic mass is 79.9. The number of esters is 1. The summed E-state index contributed by atoms with van der Waals surface area (Å²) in [6, 6.07) is 6.06. The molecule has 1 unspecified atom stereocenters. The minimum absolute atomic E-state index is 0.0388. The highest BCUT2D eigenvalue weighted by Crippen LogP contribution is 2.31. The smallest absolute Gasteiger partial charge is 0.416 e. The van der Waals surface area contributed by atoms with Crippen LogP contribution in [0.25, 0.3) is 11.4 Å². The second kappa shape index (κ2) is 7.47. The fraction of sp³-hybridized carbons (Fsp3) is 0.176. The van der Waals surface area contributed by atoms with Crippen molar-refractivity contribution < 1.29 is 27.2 Å². The summed E-state index contributed by atoms with van der Waals surface area (Å²) in [6.07, 6.45) is -2.53. The summed E-state index contributed by atoms with van der Waals surface area (Å²) in [7, 11) is 0. The normalized spacial score (nSPS) is 12.6. The fourth-order valence-corrected chi connectivity index (χ4v) is 2.52. The van der Waals surface area contributed by atoms with E-state index in [9.17, 15) is 18.0 Å². The highest BCUT2D eigenvalue weighted by molar-refractivity contribution is 9.10. The van der Waals surface area contributed by atoms with Gasteiger partial charge in [0.15, 0.2) is 6.10 Å². The quantitative estimate of drug-likeness (QED) is 0.539. The zero-order valence-corrected chi connectivity index (χ0v) is 15.3. The van der Waals surface area contributed by atoms with Crippen LogP contribution in [0.2, 0.25) is 0 Å². The van der Waals surface area contributed by atoms with Crippen LogP contribution in [-0.2, 0) is 10.9 Å². The van der Waals surface area contributed by atoms with Gasteiger partial charge in [0.05, 0.1) is 11.1 Å². The number of nitrogens with zero attached hydrogens (tertiary/aromatic N) is 3. The van der Waals surface area contributed by atoms with Gasteiger partial charge in [0.1, 0.15) is 0 Å². The van der Waals surface area contributed by atoms with Gasteiger partial charge in [-0.25, -0.2) is 4.79 Å². The molecule has 1 aromatic carbocycles. The molecule has 0 N–H and O–H groups in total. The van der Waals surface area contributed by atoms with Gasteiger partial charge < -0.3 is 9.26 Å². The first-order valence-corrected chi connectivity index (χ1v) is 8.36. The second-order valence-corrected chi connectivity index (χ2v) is 6.39. The predicted molar refractivity (Wildman–Crippen MR) is 90.5 cm³/mol. The van der Waals surface area contributed by atoms with Crippen molar-refractivity contribution in [2.45, 2.75) is 19.2 Å². The summed E-state index contributed by atoms with van der Waals surface area (Å²) in [5, 5.41) is 3.66. The molecular weight excluding hydrogens is 431 g/mol. The molecule has 0 aliphatic rings. The Labute approximate surface area is 159 Å². The van der Waals surface area contributed by atoms with Crippen LogP contribution >= 0.6 is 15.9 Å². The van der Waals surface area contributed by atoms with Crippen LogP contribution in [0.4, 0.5) is 13.2 Å². The van der Waals surface area contributed by atoms with Crippen LogP contribution in [0.15, 0.2) is 51.7 Å². The Balaban J connectivity index is 1.76. The lowest BCUT2D eigenvalue weighted by Gasteiger charge is -2.09. The monoisotopic (exact) mass is 441 g/mol. The van der Waals surface area contributed by atoms with Gasteiger partial charge in [-0.3, -0.25) is 4.98 Å².